The van der Waals surface area contributed by atoms with Gasteiger partial charge in [-0.2, -0.15) is 0 Å². The van der Waals surface area contributed by atoms with Gasteiger partial charge < -0.3 is 20.5 Å². The second-order valence-electron chi connectivity index (χ2n) is 7.16. The number of alkyl halides is 3. The number of thioether (sulfide) groups is 1. The summed E-state index contributed by atoms with van der Waals surface area (Å²) in [6.45, 7) is 2.37. The van der Waals surface area contributed by atoms with Crippen LogP contribution in [0.1, 0.15) is 28.8 Å². The quantitative estimate of drug-likeness (QED) is 0.700. The average molecular weight is 474 g/mol. The third-order valence-electron chi connectivity index (χ3n) is 4.94. The zero-order chi connectivity index (χ0) is 22.2. The van der Waals surface area contributed by atoms with E-state index in [1.807, 2.05) is 6.92 Å². The number of rotatable bonds is 4. The van der Waals surface area contributed by atoms with Crippen LogP contribution in [0.4, 0.5) is 19.0 Å². The van der Waals surface area contributed by atoms with Crippen molar-refractivity contribution >= 4 is 40.0 Å². The number of anilines is 1. The van der Waals surface area contributed by atoms with Crippen molar-refractivity contribution in [2.45, 2.75) is 31.3 Å². The van der Waals surface area contributed by atoms with Crippen LogP contribution in [-0.4, -0.2) is 45.9 Å². The highest BCUT2D eigenvalue weighted by atomic mass is 32.2. The van der Waals surface area contributed by atoms with Crippen LogP contribution in [0.3, 0.4) is 0 Å². The molecule has 31 heavy (non-hydrogen) atoms. The number of hydrogen-bond acceptors (Lipinski definition) is 9. The molecule has 3 unspecified atom stereocenters. The van der Waals surface area contributed by atoms with Crippen molar-refractivity contribution in [3.05, 3.63) is 34.4 Å². The van der Waals surface area contributed by atoms with Crippen molar-refractivity contribution in [2.24, 2.45) is 16.6 Å². The lowest BCUT2D eigenvalue weighted by atomic mass is 9.80. The number of amides is 1. The van der Waals surface area contributed by atoms with Crippen LogP contribution in [0, 0.1) is 5.92 Å². The SMILES string of the molecule is CC1CC2CSC(N)=NC2(c2nc(NC(=O)c3ccc(OC(F)(F)F)cn3)cs2)CO1. The van der Waals surface area contributed by atoms with E-state index in [9.17, 15) is 18.0 Å². The fourth-order valence-electron chi connectivity index (χ4n) is 3.50. The van der Waals surface area contributed by atoms with E-state index in [0.717, 1.165) is 30.5 Å². The second-order valence-corrected chi connectivity index (χ2v) is 9.06. The van der Waals surface area contributed by atoms with Gasteiger partial charge in [0, 0.05) is 17.1 Å². The Morgan fingerprint density at radius 3 is 2.94 bits per heavy atom. The Hall–Kier alpha value is -2.38. The topological polar surface area (TPSA) is 112 Å². The molecular weight excluding hydrogens is 455 g/mol. The number of nitrogens with one attached hydrogen (secondary N) is 1. The molecule has 1 saturated heterocycles. The number of nitrogens with two attached hydrogens (primary N) is 1. The van der Waals surface area contributed by atoms with Crippen molar-refractivity contribution < 1.29 is 27.4 Å². The fraction of sp³-hybridized carbons (Fsp3) is 0.444. The van der Waals surface area contributed by atoms with Crippen molar-refractivity contribution in [1.29, 1.82) is 0 Å². The number of aliphatic imine (C=N–C) groups is 1. The predicted molar refractivity (Wildman–Crippen MR) is 110 cm³/mol. The third kappa shape index (κ3) is 4.77. The first kappa shape index (κ1) is 21.8. The van der Waals surface area contributed by atoms with E-state index in [1.165, 1.54) is 23.1 Å². The molecule has 0 aromatic carbocycles. The van der Waals surface area contributed by atoms with Crippen LogP contribution in [0.2, 0.25) is 0 Å². The zero-order valence-corrected chi connectivity index (χ0v) is 17.8. The predicted octanol–water partition coefficient (Wildman–Crippen LogP) is 3.37. The van der Waals surface area contributed by atoms with E-state index < -0.39 is 23.6 Å². The summed E-state index contributed by atoms with van der Waals surface area (Å²) < 4.78 is 46.3. The second kappa shape index (κ2) is 8.28. The Bertz CT molecular complexity index is 998. The number of halogens is 3. The minimum Gasteiger partial charge on any atom is -0.404 e. The lowest BCUT2D eigenvalue weighted by Crippen LogP contribution is -2.49. The Morgan fingerprint density at radius 2 is 2.23 bits per heavy atom. The fourth-order valence-corrected chi connectivity index (χ4v) is 5.47. The maximum Gasteiger partial charge on any atom is 0.573 e. The molecule has 0 aliphatic carbocycles. The van der Waals surface area contributed by atoms with Crippen LogP contribution < -0.4 is 15.8 Å². The molecule has 13 heteroatoms. The highest BCUT2D eigenvalue weighted by molar-refractivity contribution is 8.13. The summed E-state index contributed by atoms with van der Waals surface area (Å²) in [6.07, 6.45) is -3.07. The van der Waals surface area contributed by atoms with E-state index in [0.29, 0.717) is 22.6 Å². The van der Waals surface area contributed by atoms with Gasteiger partial charge in [0.2, 0.25) is 0 Å². The number of ether oxygens (including phenoxy) is 2. The standard InChI is InChI=1S/C18H18F3N5O3S2/c1-9-4-10-6-31-16(22)26-17(10,8-28-9)15-25-13(7-30-15)24-14(27)12-3-2-11(5-23-12)29-18(19,20)21/h2-3,5,7,9-10H,4,6,8H2,1H3,(H2,22,26)(H,24,27). The van der Waals surface area contributed by atoms with Gasteiger partial charge in [-0.3, -0.25) is 4.79 Å². The summed E-state index contributed by atoms with van der Waals surface area (Å²) in [7, 11) is 0. The maximum atomic E-state index is 12.4. The van der Waals surface area contributed by atoms with Crippen molar-refractivity contribution in [3.8, 4) is 5.75 Å². The van der Waals surface area contributed by atoms with Gasteiger partial charge in [-0.25, -0.2) is 15.0 Å². The molecule has 1 amide bonds. The van der Waals surface area contributed by atoms with E-state index >= 15 is 0 Å². The number of pyridine rings is 1. The molecule has 8 nitrogen and oxygen atoms in total. The zero-order valence-electron chi connectivity index (χ0n) is 16.2. The summed E-state index contributed by atoms with van der Waals surface area (Å²) in [5.74, 6) is 0.176. The van der Waals surface area contributed by atoms with Crippen LogP contribution >= 0.6 is 23.1 Å². The molecule has 3 atom stereocenters. The van der Waals surface area contributed by atoms with Gasteiger partial charge in [0.15, 0.2) is 5.17 Å². The molecule has 0 radical (unpaired) electrons. The molecule has 2 aliphatic rings. The van der Waals surface area contributed by atoms with E-state index in [1.54, 1.807) is 5.38 Å². The number of nitrogens with zero attached hydrogens (tertiary/aromatic N) is 3. The monoisotopic (exact) mass is 473 g/mol. The number of carbonyl (C=O) groups is 1. The minimum atomic E-state index is -4.83. The number of carbonyl (C=O) groups excluding carboxylic acids is 1. The number of amidine groups is 1. The molecule has 2 aromatic rings. The Labute approximate surface area is 183 Å². The first-order valence-electron chi connectivity index (χ1n) is 9.23. The highest BCUT2D eigenvalue weighted by Crippen LogP contribution is 2.47. The molecule has 2 aromatic heterocycles. The molecule has 3 N–H and O–H groups in total. The highest BCUT2D eigenvalue weighted by Gasteiger charge is 2.49. The Morgan fingerprint density at radius 1 is 1.42 bits per heavy atom. The van der Waals surface area contributed by atoms with Gasteiger partial charge in [-0.05, 0) is 25.5 Å². The summed E-state index contributed by atoms with van der Waals surface area (Å²) in [6, 6.07) is 2.15. The van der Waals surface area contributed by atoms with Gasteiger partial charge in [0.05, 0.1) is 18.9 Å². The van der Waals surface area contributed by atoms with Crippen LogP contribution in [0.5, 0.6) is 5.75 Å². The lowest BCUT2D eigenvalue weighted by Gasteiger charge is -2.44. The van der Waals surface area contributed by atoms with Gasteiger partial charge in [-0.1, -0.05) is 11.8 Å². The van der Waals surface area contributed by atoms with E-state index in [-0.39, 0.29) is 17.7 Å². The molecule has 0 bridgehead atoms. The molecule has 2 aliphatic heterocycles. The van der Waals surface area contributed by atoms with Gasteiger partial charge >= 0.3 is 6.36 Å². The smallest absolute Gasteiger partial charge is 0.404 e. The summed E-state index contributed by atoms with van der Waals surface area (Å²) in [5, 5.41) is 5.44. The normalized spacial score (nSPS) is 26.0. The number of aromatic nitrogens is 2. The largest absolute Gasteiger partial charge is 0.573 e. The van der Waals surface area contributed by atoms with Crippen molar-refractivity contribution in [2.75, 3.05) is 17.7 Å². The van der Waals surface area contributed by atoms with Gasteiger partial charge in [0.25, 0.3) is 5.91 Å². The van der Waals surface area contributed by atoms with E-state index in [2.05, 4.69) is 25.0 Å². The number of thiazole rings is 1. The van der Waals surface area contributed by atoms with Gasteiger partial charge in [-0.15, -0.1) is 24.5 Å². The molecule has 1 fully saturated rings. The van der Waals surface area contributed by atoms with Crippen LogP contribution in [-0.2, 0) is 10.3 Å². The van der Waals surface area contributed by atoms with Crippen LogP contribution in [0.25, 0.3) is 0 Å². The lowest BCUT2D eigenvalue weighted by molar-refractivity contribution is -0.274. The Kier molecular flexibility index (Phi) is 5.83. The number of hydrogen-bond donors (Lipinski definition) is 2. The summed E-state index contributed by atoms with van der Waals surface area (Å²) in [4.78, 5) is 25.4. The first-order chi connectivity index (χ1) is 14.6. The van der Waals surface area contributed by atoms with E-state index in [4.69, 9.17) is 10.5 Å². The Balaban J connectivity index is 1.50. The first-order valence-corrected chi connectivity index (χ1v) is 11.1. The summed E-state index contributed by atoms with van der Waals surface area (Å²) >= 11 is 2.85. The van der Waals surface area contributed by atoms with Crippen molar-refractivity contribution in [1.82, 2.24) is 9.97 Å². The minimum absolute atomic E-state index is 0.0775. The average Bonchev–Trinajstić information content (AvgIpc) is 3.16. The molecule has 0 spiro atoms. The molecule has 0 saturated carbocycles. The molecule has 166 valence electrons. The van der Waals surface area contributed by atoms with Crippen molar-refractivity contribution in [3.63, 3.8) is 0 Å². The maximum absolute atomic E-state index is 12.4. The molecular formula is C18H18F3N5O3S2. The molecule has 4 rings (SSSR count). The molecule has 4 heterocycles. The third-order valence-corrected chi connectivity index (χ3v) is 6.91. The van der Waals surface area contributed by atoms with Crippen LogP contribution in [0.15, 0.2) is 28.7 Å². The summed E-state index contributed by atoms with van der Waals surface area (Å²) in [5.41, 5.74) is 5.22. The van der Waals surface area contributed by atoms with Gasteiger partial charge in [0.1, 0.15) is 27.8 Å². The number of fused-ring (bicyclic) bond motifs is 1.